The number of aryl methyl sites for hydroxylation is 2. The minimum absolute atomic E-state index is 0.675. The minimum Gasteiger partial charge on any atom is -0.316 e. The highest BCUT2D eigenvalue weighted by Crippen LogP contribution is 2.17. The molecule has 0 radical (unpaired) electrons. The van der Waals surface area contributed by atoms with E-state index >= 15 is 0 Å². The third-order valence-electron chi connectivity index (χ3n) is 3.81. The van der Waals surface area contributed by atoms with E-state index in [4.69, 9.17) is 0 Å². The number of hydrogen-bond acceptors (Lipinski definition) is 2. The Morgan fingerprint density at radius 2 is 2.18 bits per heavy atom. The summed E-state index contributed by atoms with van der Waals surface area (Å²) in [6, 6.07) is 7.45. The van der Waals surface area contributed by atoms with Crippen molar-refractivity contribution in [2.75, 3.05) is 20.1 Å². The van der Waals surface area contributed by atoms with E-state index < -0.39 is 0 Å². The third-order valence-corrected chi connectivity index (χ3v) is 3.81. The van der Waals surface area contributed by atoms with E-state index in [1.165, 1.54) is 42.6 Å². The summed E-state index contributed by atoms with van der Waals surface area (Å²) in [6.07, 6.45) is 2.64. The predicted molar refractivity (Wildman–Crippen MR) is 73.3 cm³/mol. The van der Waals surface area contributed by atoms with E-state index in [0.717, 1.165) is 6.54 Å². The summed E-state index contributed by atoms with van der Waals surface area (Å²) in [7, 11) is 2.08. The Labute approximate surface area is 105 Å². The van der Waals surface area contributed by atoms with Crippen LogP contribution in [0.1, 0.15) is 29.5 Å². The second kappa shape index (κ2) is 5.65. The summed E-state index contributed by atoms with van der Waals surface area (Å²) in [5, 5.41) is 3.40. The smallest absolute Gasteiger partial charge is 0.0237 e. The van der Waals surface area contributed by atoms with Gasteiger partial charge in [-0.25, -0.2) is 0 Å². The lowest BCUT2D eigenvalue weighted by Gasteiger charge is -2.32. The van der Waals surface area contributed by atoms with E-state index in [0.29, 0.717) is 6.04 Å². The molecular weight excluding hydrogens is 208 g/mol. The molecule has 1 aromatic rings. The van der Waals surface area contributed by atoms with Crippen molar-refractivity contribution in [3.8, 4) is 0 Å². The van der Waals surface area contributed by atoms with Crippen molar-refractivity contribution in [1.82, 2.24) is 10.2 Å². The summed E-state index contributed by atoms with van der Waals surface area (Å²) >= 11 is 0. The first kappa shape index (κ1) is 12.6. The van der Waals surface area contributed by atoms with Gasteiger partial charge in [0.15, 0.2) is 0 Å². The molecule has 17 heavy (non-hydrogen) atoms. The van der Waals surface area contributed by atoms with Gasteiger partial charge >= 0.3 is 0 Å². The minimum atomic E-state index is 0.675. The van der Waals surface area contributed by atoms with Gasteiger partial charge in [0.1, 0.15) is 0 Å². The summed E-state index contributed by atoms with van der Waals surface area (Å²) < 4.78 is 0. The number of piperidine rings is 1. The van der Waals surface area contributed by atoms with Gasteiger partial charge in [-0.3, -0.25) is 4.90 Å². The molecule has 2 nitrogen and oxygen atoms in total. The molecule has 1 aliphatic rings. The van der Waals surface area contributed by atoms with Crippen LogP contribution in [0.25, 0.3) is 0 Å². The van der Waals surface area contributed by atoms with Crippen LogP contribution in [-0.2, 0) is 6.54 Å². The van der Waals surface area contributed by atoms with Gasteiger partial charge in [0.25, 0.3) is 0 Å². The lowest BCUT2D eigenvalue weighted by Crippen LogP contribution is -2.43. The molecule has 0 spiro atoms. The van der Waals surface area contributed by atoms with Crippen LogP contribution in [0.5, 0.6) is 0 Å². The maximum Gasteiger partial charge on any atom is 0.0237 e. The average Bonchev–Trinajstić information content (AvgIpc) is 2.34. The highest BCUT2D eigenvalue weighted by atomic mass is 15.2. The Morgan fingerprint density at radius 1 is 1.35 bits per heavy atom. The lowest BCUT2D eigenvalue weighted by atomic mass is 10.0. The van der Waals surface area contributed by atoms with Crippen LogP contribution in [0.4, 0.5) is 0 Å². The van der Waals surface area contributed by atoms with Crippen LogP contribution in [0.15, 0.2) is 18.2 Å². The van der Waals surface area contributed by atoms with Crippen LogP contribution in [0.2, 0.25) is 0 Å². The largest absolute Gasteiger partial charge is 0.316 e. The van der Waals surface area contributed by atoms with Crippen molar-refractivity contribution in [1.29, 1.82) is 0 Å². The van der Waals surface area contributed by atoms with Gasteiger partial charge in [0.05, 0.1) is 0 Å². The average molecular weight is 232 g/mol. The van der Waals surface area contributed by atoms with E-state index in [1.54, 1.807) is 0 Å². The molecule has 94 valence electrons. The zero-order chi connectivity index (χ0) is 12.3. The van der Waals surface area contributed by atoms with E-state index in [2.05, 4.69) is 49.3 Å². The maximum absolute atomic E-state index is 3.40. The molecular formula is C15H24N2. The molecule has 1 N–H and O–H groups in total. The fraction of sp³-hybridized carbons (Fsp3) is 0.600. The lowest BCUT2D eigenvalue weighted by molar-refractivity contribution is 0.187. The Bertz CT molecular complexity index is 373. The van der Waals surface area contributed by atoms with Crippen molar-refractivity contribution in [3.63, 3.8) is 0 Å². The van der Waals surface area contributed by atoms with Crippen molar-refractivity contribution in [3.05, 3.63) is 34.9 Å². The van der Waals surface area contributed by atoms with Gasteiger partial charge in [0, 0.05) is 19.1 Å². The van der Waals surface area contributed by atoms with Gasteiger partial charge in [-0.15, -0.1) is 0 Å². The summed E-state index contributed by atoms with van der Waals surface area (Å²) in [5.74, 6) is 0. The second-order valence-electron chi connectivity index (χ2n) is 5.29. The molecule has 2 rings (SSSR count). The van der Waals surface area contributed by atoms with Crippen molar-refractivity contribution >= 4 is 0 Å². The van der Waals surface area contributed by atoms with Gasteiger partial charge in [-0.2, -0.15) is 0 Å². The molecule has 1 atom stereocenters. The molecule has 2 heteroatoms. The monoisotopic (exact) mass is 232 g/mol. The van der Waals surface area contributed by atoms with E-state index in [9.17, 15) is 0 Å². The summed E-state index contributed by atoms with van der Waals surface area (Å²) in [5.41, 5.74) is 4.27. The summed E-state index contributed by atoms with van der Waals surface area (Å²) in [6.45, 7) is 7.92. The van der Waals surface area contributed by atoms with Gasteiger partial charge < -0.3 is 5.32 Å². The third kappa shape index (κ3) is 3.30. The topological polar surface area (TPSA) is 15.3 Å². The number of benzene rings is 1. The number of rotatable bonds is 3. The fourth-order valence-electron chi connectivity index (χ4n) is 2.65. The quantitative estimate of drug-likeness (QED) is 0.861. The van der Waals surface area contributed by atoms with E-state index in [1.807, 2.05) is 0 Å². The molecule has 1 fully saturated rings. The fourth-order valence-corrected chi connectivity index (χ4v) is 2.65. The normalized spacial score (nSPS) is 21.7. The van der Waals surface area contributed by atoms with Crippen LogP contribution in [0, 0.1) is 13.8 Å². The first-order valence-corrected chi connectivity index (χ1v) is 6.65. The number of likely N-dealkylation sites (N-methyl/N-ethyl adjacent to an activating group) is 1. The maximum atomic E-state index is 3.40. The Morgan fingerprint density at radius 3 is 2.94 bits per heavy atom. The predicted octanol–water partition coefficient (Wildman–Crippen LogP) is 2.49. The zero-order valence-corrected chi connectivity index (χ0v) is 11.3. The second-order valence-corrected chi connectivity index (χ2v) is 5.29. The first-order valence-electron chi connectivity index (χ1n) is 6.65. The summed E-state index contributed by atoms with van der Waals surface area (Å²) in [4.78, 5) is 2.58. The Hall–Kier alpha value is -0.860. The van der Waals surface area contributed by atoms with E-state index in [-0.39, 0.29) is 0 Å². The molecule has 0 aliphatic carbocycles. The Balaban J connectivity index is 2.02. The molecule has 1 heterocycles. The zero-order valence-electron chi connectivity index (χ0n) is 11.3. The number of nitrogens with zero attached hydrogens (tertiary/aromatic N) is 1. The number of nitrogens with one attached hydrogen (secondary N) is 1. The number of likely N-dealkylation sites (tertiary alicyclic amines) is 1. The van der Waals surface area contributed by atoms with Gasteiger partial charge in [0.2, 0.25) is 0 Å². The molecule has 0 saturated carbocycles. The van der Waals surface area contributed by atoms with Crippen LogP contribution in [-0.4, -0.2) is 31.1 Å². The van der Waals surface area contributed by atoms with Crippen LogP contribution < -0.4 is 5.32 Å². The molecule has 1 aromatic carbocycles. The Kier molecular flexibility index (Phi) is 4.19. The van der Waals surface area contributed by atoms with Crippen molar-refractivity contribution < 1.29 is 0 Å². The highest BCUT2D eigenvalue weighted by molar-refractivity contribution is 5.30. The van der Waals surface area contributed by atoms with Gasteiger partial charge in [-0.1, -0.05) is 23.8 Å². The van der Waals surface area contributed by atoms with Crippen LogP contribution in [0.3, 0.4) is 0 Å². The van der Waals surface area contributed by atoms with Gasteiger partial charge in [-0.05, 0) is 51.4 Å². The SMILES string of the molecule is CNC1CCCN(Cc2cc(C)ccc2C)C1. The molecule has 0 amide bonds. The molecule has 0 bridgehead atoms. The molecule has 1 aliphatic heterocycles. The molecule has 1 unspecified atom stereocenters. The molecule has 1 saturated heterocycles. The number of hydrogen-bond donors (Lipinski definition) is 1. The molecule has 0 aromatic heterocycles. The highest BCUT2D eigenvalue weighted by Gasteiger charge is 2.18. The van der Waals surface area contributed by atoms with Crippen molar-refractivity contribution in [2.24, 2.45) is 0 Å². The van der Waals surface area contributed by atoms with Crippen molar-refractivity contribution in [2.45, 2.75) is 39.3 Å². The van der Waals surface area contributed by atoms with Crippen LogP contribution >= 0.6 is 0 Å². The standard InChI is InChI=1S/C15H24N2/c1-12-6-7-13(2)14(9-12)10-17-8-4-5-15(11-17)16-3/h6-7,9,15-16H,4-5,8,10-11H2,1-3H3. The first-order chi connectivity index (χ1) is 8.19.